The molecular weight excluding hydrogens is 250 g/mol. The van der Waals surface area contributed by atoms with E-state index < -0.39 is 5.41 Å². The van der Waals surface area contributed by atoms with Gasteiger partial charge in [-0.1, -0.05) is 33.6 Å². The van der Waals surface area contributed by atoms with E-state index in [1.54, 1.807) is 0 Å². The molecule has 1 saturated heterocycles. The van der Waals surface area contributed by atoms with Crippen molar-refractivity contribution >= 4 is 5.91 Å². The first-order valence-corrected chi connectivity index (χ1v) is 8.07. The maximum Gasteiger partial charge on any atom is 0.240 e. The zero-order valence-corrected chi connectivity index (χ0v) is 13.2. The Morgan fingerprint density at radius 3 is 2.50 bits per heavy atom. The van der Waals surface area contributed by atoms with Crippen molar-refractivity contribution < 1.29 is 4.79 Å². The number of hydrogen-bond acceptors (Lipinski definition) is 3. The number of amides is 1. The molecule has 0 spiro atoms. The molecule has 20 heavy (non-hydrogen) atoms. The van der Waals surface area contributed by atoms with Gasteiger partial charge < -0.3 is 5.32 Å². The van der Waals surface area contributed by atoms with E-state index in [0.29, 0.717) is 25.4 Å². The molecule has 1 heterocycles. The van der Waals surface area contributed by atoms with E-state index in [1.807, 2.05) is 13.8 Å². The van der Waals surface area contributed by atoms with Crippen molar-refractivity contribution in [2.75, 3.05) is 19.6 Å². The molecule has 1 unspecified atom stereocenters. The Balaban J connectivity index is 2.60. The molecule has 0 saturated carbocycles. The zero-order chi connectivity index (χ0) is 15.0. The fourth-order valence-corrected chi connectivity index (χ4v) is 3.29. The second-order valence-electron chi connectivity index (χ2n) is 5.83. The third-order valence-corrected chi connectivity index (χ3v) is 4.41. The van der Waals surface area contributed by atoms with Crippen molar-refractivity contribution in [2.45, 2.75) is 65.3 Å². The molecule has 0 aromatic carbocycles. The van der Waals surface area contributed by atoms with Crippen LogP contribution in [-0.2, 0) is 4.79 Å². The van der Waals surface area contributed by atoms with Gasteiger partial charge in [0.2, 0.25) is 5.91 Å². The fraction of sp³-hybridized carbons (Fsp3) is 0.875. The first-order valence-electron chi connectivity index (χ1n) is 8.07. The van der Waals surface area contributed by atoms with Gasteiger partial charge in [0.25, 0.3) is 0 Å². The molecule has 1 aliphatic rings. The first kappa shape index (κ1) is 17.0. The smallest absolute Gasteiger partial charge is 0.240 e. The van der Waals surface area contributed by atoms with Gasteiger partial charge in [-0.2, -0.15) is 5.26 Å². The molecule has 1 atom stereocenters. The van der Waals surface area contributed by atoms with Gasteiger partial charge in [-0.15, -0.1) is 0 Å². The Morgan fingerprint density at radius 2 is 2.00 bits per heavy atom. The van der Waals surface area contributed by atoms with Crippen LogP contribution in [0, 0.1) is 16.7 Å². The highest BCUT2D eigenvalue weighted by molar-refractivity contribution is 5.85. The van der Waals surface area contributed by atoms with Gasteiger partial charge in [0.05, 0.1) is 6.07 Å². The van der Waals surface area contributed by atoms with E-state index in [9.17, 15) is 10.1 Å². The summed E-state index contributed by atoms with van der Waals surface area (Å²) in [6.45, 7) is 9.07. The van der Waals surface area contributed by atoms with E-state index in [2.05, 4.69) is 23.2 Å². The summed E-state index contributed by atoms with van der Waals surface area (Å²) in [6, 6.07) is 2.74. The molecule has 0 aromatic heterocycles. The van der Waals surface area contributed by atoms with Crippen molar-refractivity contribution in [3.05, 3.63) is 0 Å². The summed E-state index contributed by atoms with van der Waals surface area (Å²) >= 11 is 0. The van der Waals surface area contributed by atoms with Gasteiger partial charge in [-0.3, -0.25) is 9.69 Å². The minimum atomic E-state index is -0.820. The number of hydrogen-bond donors (Lipinski definition) is 1. The predicted octanol–water partition coefficient (Wildman–Crippen LogP) is 2.70. The third kappa shape index (κ3) is 3.96. The lowest BCUT2D eigenvalue weighted by Crippen LogP contribution is -2.46. The average Bonchev–Trinajstić information content (AvgIpc) is 2.91. The molecule has 1 N–H and O–H groups in total. The highest BCUT2D eigenvalue weighted by atomic mass is 16.2. The van der Waals surface area contributed by atoms with Crippen molar-refractivity contribution in [3.8, 4) is 6.07 Å². The number of likely N-dealkylation sites (tertiary alicyclic amines) is 1. The van der Waals surface area contributed by atoms with Crippen molar-refractivity contribution in [3.63, 3.8) is 0 Å². The Labute approximate surface area is 123 Å². The zero-order valence-electron chi connectivity index (χ0n) is 13.2. The van der Waals surface area contributed by atoms with Crippen LogP contribution in [0.25, 0.3) is 0 Å². The molecule has 1 rings (SSSR count). The molecule has 4 heteroatoms. The normalized spacial score (nSPS) is 19.8. The maximum absolute atomic E-state index is 12.5. The lowest BCUT2D eigenvalue weighted by atomic mass is 9.79. The Morgan fingerprint density at radius 1 is 1.35 bits per heavy atom. The van der Waals surface area contributed by atoms with Crippen molar-refractivity contribution in [1.29, 1.82) is 5.26 Å². The highest BCUT2D eigenvalue weighted by Gasteiger charge is 2.37. The topological polar surface area (TPSA) is 56.1 Å². The van der Waals surface area contributed by atoms with Crippen LogP contribution in [0.1, 0.15) is 59.3 Å². The van der Waals surface area contributed by atoms with Crippen molar-refractivity contribution in [2.24, 2.45) is 5.41 Å². The third-order valence-electron chi connectivity index (χ3n) is 4.41. The van der Waals surface area contributed by atoms with Crippen molar-refractivity contribution in [1.82, 2.24) is 10.2 Å². The minimum Gasteiger partial charge on any atom is -0.353 e. The van der Waals surface area contributed by atoms with Gasteiger partial charge in [0.1, 0.15) is 5.41 Å². The Hall–Kier alpha value is -1.08. The van der Waals surface area contributed by atoms with E-state index in [0.717, 1.165) is 32.4 Å². The van der Waals surface area contributed by atoms with Crippen LogP contribution in [0.3, 0.4) is 0 Å². The van der Waals surface area contributed by atoms with Gasteiger partial charge in [-0.05, 0) is 38.8 Å². The summed E-state index contributed by atoms with van der Waals surface area (Å²) in [7, 11) is 0. The number of nitrogens with one attached hydrogen (secondary N) is 1. The van der Waals surface area contributed by atoms with Gasteiger partial charge in [-0.25, -0.2) is 0 Å². The molecule has 1 fully saturated rings. The molecular formula is C16H29N3O. The molecule has 1 amide bonds. The summed E-state index contributed by atoms with van der Waals surface area (Å²) in [5.74, 6) is -0.0633. The quantitative estimate of drug-likeness (QED) is 0.743. The lowest BCUT2D eigenvalue weighted by Gasteiger charge is -2.27. The van der Waals surface area contributed by atoms with Gasteiger partial charge in [0, 0.05) is 12.6 Å². The minimum absolute atomic E-state index is 0.0633. The number of rotatable bonds is 8. The fourth-order valence-electron chi connectivity index (χ4n) is 3.29. The molecule has 114 valence electrons. The summed E-state index contributed by atoms with van der Waals surface area (Å²) < 4.78 is 0. The number of nitriles is 1. The summed E-state index contributed by atoms with van der Waals surface area (Å²) in [5.41, 5.74) is -0.820. The molecule has 4 nitrogen and oxygen atoms in total. The molecule has 1 aliphatic heterocycles. The highest BCUT2D eigenvalue weighted by Crippen LogP contribution is 2.29. The second kappa shape index (κ2) is 8.26. The molecule has 0 aromatic rings. The van der Waals surface area contributed by atoms with Gasteiger partial charge in [0.15, 0.2) is 0 Å². The summed E-state index contributed by atoms with van der Waals surface area (Å²) in [4.78, 5) is 14.9. The monoisotopic (exact) mass is 279 g/mol. The number of likely N-dealkylation sites (N-methyl/N-ethyl adjacent to an activating group) is 1. The van der Waals surface area contributed by atoms with Crippen LogP contribution in [0.5, 0.6) is 0 Å². The number of nitrogens with zero attached hydrogens (tertiary/aromatic N) is 2. The molecule has 0 bridgehead atoms. The lowest BCUT2D eigenvalue weighted by molar-refractivity contribution is -0.129. The largest absolute Gasteiger partial charge is 0.353 e. The van der Waals surface area contributed by atoms with Gasteiger partial charge >= 0.3 is 0 Å². The maximum atomic E-state index is 12.5. The van der Waals surface area contributed by atoms with Crippen LogP contribution in [-0.4, -0.2) is 36.5 Å². The van der Waals surface area contributed by atoms with E-state index in [-0.39, 0.29) is 5.91 Å². The summed E-state index contributed by atoms with van der Waals surface area (Å²) in [6.07, 6.45) is 5.41. The van der Waals surface area contributed by atoms with Crippen LogP contribution < -0.4 is 5.32 Å². The first-order chi connectivity index (χ1) is 9.63. The standard InChI is InChI=1S/C16H29N3O/c1-4-9-16(13-17,10-5-2)15(20)18-12-14-8-7-11-19(14)6-3/h14H,4-12H2,1-3H3,(H,18,20). The van der Waals surface area contributed by atoms with E-state index in [1.165, 1.54) is 6.42 Å². The molecule has 0 radical (unpaired) electrons. The summed E-state index contributed by atoms with van der Waals surface area (Å²) in [5, 5.41) is 12.5. The Kier molecular flexibility index (Phi) is 7.01. The van der Waals surface area contributed by atoms with E-state index in [4.69, 9.17) is 0 Å². The number of carbonyl (C=O) groups is 1. The Bertz CT molecular complexity index is 342. The van der Waals surface area contributed by atoms with Crippen LogP contribution >= 0.6 is 0 Å². The van der Waals surface area contributed by atoms with Crippen LogP contribution in [0.2, 0.25) is 0 Å². The SMILES string of the molecule is CCCC(C#N)(CCC)C(=O)NCC1CCCN1CC. The number of carbonyl (C=O) groups excluding carboxylic acids is 1. The second-order valence-corrected chi connectivity index (χ2v) is 5.83. The van der Waals surface area contributed by atoms with Crippen LogP contribution in [0.15, 0.2) is 0 Å². The van der Waals surface area contributed by atoms with E-state index >= 15 is 0 Å². The average molecular weight is 279 g/mol. The molecule has 0 aliphatic carbocycles. The van der Waals surface area contributed by atoms with Crippen LogP contribution in [0.4, 0.5) is 0 Å². The predicted molar refractivity (Wildman–Crippen MR) is 81.1 cm³/mol.